The maximum Gasteiger partial charge on any atom is 0.169 e. The molecule has 0 aliphatic heterocycles. The van der Waals surface area contributed by atoms with Gasteiger partial charge in [0.15, 0.2) is 24.8 Å². The molecular formula is C30H28Cl2N2+2. The van der Waals surface area contributed by atoms with E-state index in [-0.39, 0.29) is 0 Å². The summed E-state index contributed by atoms with van der Waals surface area (Å²) in [7, 11) is 0. The number of hydrogen-bond donors (Lipinski definition) is 0. The third-order valence-corrected chi connectivity index (χ3v) is 6.10. The van der Waals surface area contributed by atoms with Crippen LogP contribution in [0.4, 0.5) is 0 Å². The van der Waals surface area contributed by atoms with Crippen LogP contribution in [0.5, 0.6) is 0 Å². The lowest BCUT2D eigenvalue weighted by atomic mass is 10.1. The van der Waals surface area contributed by atoms with Crippen LogP contribution in [-0.2, 0) is 13.1 Å². The van der Waals surface area contributed by atoms with Gasteiger partial charge in [-0.1, -0.05) is 71.8 Å². The van der Waals surface area contributed by atoms with Gasteiger partial charge in [0.1, 0.15) is 13.1 Å². The number of aryl methyl sites for hydroxylation is 2. The van der Waals surface area contributed by atoms with Crippen LogP contribution in [0.3, 0.4) is 0 Å². The standard InChI is InChI=1S/C30H28Cl2N2/c31-29-11-7-25(8-12-29)3-5-27-15-21-33(22-16-27)19-1-2-20-34-23-17-28(18-24-34)6-4-26-9-13-30(32)14-10-26/h3-18,21-24H,1-2,19-20H2/q+2/b5-3+,6-4+. The van der Waals surface area contributed by atoms with Gasteiger partial charge in [-0.15, -0.1) is 0 Å². The Bertz CT molecular complexity index is 1120. The lowest BCUT2D eigenvalue weighted by Crippen LogP contribution is -2.35. The maximum absolute atomic E-state index is 5.94. The molecule has 170 valence electrons. The van der Waals surface area contributed by atoms with E-state index >= 15 is 0 Å². The molecule has 0 saturated heterocycles. The van der Waals surface area contributed by atoms with Gasteiger partial charge in [0.05, 0.1) is 0 Å². The van der Waals surface area contributed by atoms with Crippen LogP contribution in [0.15, 0.2) is 97.6 Å². The van der Waals surface area contributed by atoms with Crippen molar-refractivity contribution in [2.75, 3.05) is 0 Å². The maximum atomic E-state index is 5.94. The number of rotatable bonds is 9. The SMILES string of the molecule is Clc1ccc(/C=C/c2cc[n+](CCCC[n+]3ccc(/C=C/c4ccc(Cl)cc4)cc3)cc2)cc1. The molecule has 4 heteroatoms. The molecule has 4 aromatic rings. The molecule has 0 aliphatic carbocycles. The second kappa shape index (κ2) is 12.3. The van der Waals surface area contributed by atoms with E-state index in [1.54, 1.807) is 0 Å². The molecule has 0 bridgehead atoms. The first-order valence-corrected chi connectivity index (χ1v) is 12.3. The van der Waals surface area contributed by atoms with Crippen LogP contribution in [0.25, 0.3) is 24.3 Å². The second-order valence-electron chi connectivity index (χ2n) is 8.22. The van der Waals surface area contributed by atoms with Crippen LogP contribution in [-0.4, -0.2) is 0 Å². The Hall–Kier alpha value is -3.20. The van der Waals surface area contributed by atoms with Crippen molar-refractivity contribution in [1.29, 1.82) is 0 Å². The van der Waals surface area contributed by atoms with E-state index in [1.807, 2.05) is 48.5 Å². The molecular weight excluding hydrogens is 459 g/mol. The Morgan fingerprint density at radius 3 is 1.06 bits per heavy atom. The molecule has 4 rings (SSSR count). The van der Waals surface area contributed by atoms with Crippen molar-refractivity contribution in [2.45, 2.75) is 25.9 Å². The summed E-state index contributed by atoms with van der Waals surface area (Å²) in [5.41, 5.74) is 4.66. The number of benzene rings is 2. The van der Waals surface area contributed by atoms with Crippen LogP contribution in [0.2, 0.25) is 10.0 Å². The monoisotopic (exact) mass is 486 g/mol. The molecule has 0 atom stereocenters. The minimum atomic E-state index is 0.760. The molecule has 0 radical (unpaired) electrons. The molecule has 0 unspecified atom stereocenters. The van der Waals surface area contributed by atoms with Crippen LogP contribution >= 0.6 is 23.2 Å². The van der Waals surface area contributed by atoms with Gasteiger partial charge in [0, 0.05) is 47.2 Å². The summed E-state index contributed by atoms with van der Waals surface area (Å²) in [5, 5.41) is 1.52. The molecule has 0 fully saturated rings. The molecule has 34 heavy (non-hydrogen) atoms. The quantitative estimate of drug-likeness (QED) is 0.172. The van der Waals surface area contributed by atoms with Gasteiger partial charge in [-0.05, 0) is 46.5 Å². The van der Waals surface area contributed by atoms with Crippen molar-refractivity contribution in [3.05, 3.63) is 130 Å². The third kappa shape index (κ3) is 7.69. The first-order chi connectivity index (χ1) is 16.6. The molecule has 2 aromatic heterocycles. The summed E-state index contributed by atoms with van der Waals surface area (Å²) in [6, 6.07) is 24.3. The highest BCUT2D eigenvalue weighted by Gasteiger charge is 2.04. The van der Waals surface area contributed by atoms with E-state index < -0.39 is 0 Å². The first-order valence-electron chi connectivity index (χ1n) is 11.5. The van der Waals surface area contributed by atoms with Gasteiger partial charge < -0.3 is 0 Å². The van der Waals surface area contributed by atoms with Crippen LogP contribution in [0.1, 0.15) is 35.1 Å². The molecule has 0 aliphatic rings. The zero-order chi connectivity index (χ0) is 23.6. The fourth-order valence-electron chi connectivity index (χ4n) is 3.58. The van der Waals surface area contributed by atoms with E-state index in [2.05, 4.69) is 82.5 Å². The zero-order valence-electron chi connectivity index (χ0n) is 19.0. The van der Waals surface area contributed by atoms with Crippen molar-refractivity contribution in [2.24, 2.45) is 0 Å². The minimum Gasteiger partial charge on any atom is -0.205 e. The van der Waals surface area contributed by atoms with Gasteiger partial charge >= 0.3 is 0 Å². The highest BCUT2D eigenvalue weighted by molar-refractivity contribution is 6.30. The summed E-state index contributed by atoms with van der Waals surface area (Å²) < 4.78 is 4.49. The zero-order valence-corrected chi connectivity index (χ0v) is 20.5. The van der Waals surface area contributed by atoms with Crippen molar-refractivity contribution >= 4 is 47.5 Å². The largest absolute Gasteiger partial charge is 0.205 e. The summed E-state index contributed by atoms with van der Waals surface area (Å²) in [4.78, 5) is 0. The predicted molar refractivity (Wildman–Crippen MR) is 143 cm³/mol. The summed E-state index contributed by atoms with van der Waals surface area (Å²) in [5.74, 6) is 0. The number of pyridine rings is 2. The molecule has 2 heterocycles. The summed E-state index contributed by atoms with van der Waals surface area (Å²) in [6.45, 7) is 2.04. The summed E-state index contributed by atoms with van der Waals surface area (Å²) in [6.07, 6.45) is 19.3. The Morgan fingerprint density at radius 1 is 0.441 bits per heavy atom. The molecule has 0 amide bonds. The fraction of sp³-hybridized carbons (Fsp3) is 0.133. The van der Waals surface area contributed by atoms with E-state index in [0.717, 1.165) is 47.1 Å². The third-order valence-electron chi connectivity index (χ3n) is 5.59. The second-order valence-corrected chi connectivity index (χ2v) is 9.09. The average Bonchev–Trinajstić information content (AvgIpc) is 2.87. The molecule has 0 spiro atoms. The number of unbranched alkanes of at least 4 members (excludes halogenated alkanes) is 1. The van der Waals surface area contributed by atoms with Crippen molar-refractivity contribution in [1.82, 2.24) is 0 Å². The van der Waals surface area contributed by atoms with Crippen molar-refractivity contribution in [3.8, 4) is 0 Å². The van der Waals surface area contributed by atoms with Crippen LogP contribution < -0.4 is 9.13 Å². The van der Waals surface area contributed by atoms with E-state index in [1.165, 1.54) is 11.1 Å². The Labute approximate surface area is 212 Å². The Balaban J connectivity index is 1.19. The molecule has 2 aromatic carbocycles. The molecule has 0 N–H and O–H groups in total. The average molecular weight is 487 g/mol. The number of aromatic nitrogens is 2. The Kier molecular flexibility index (Phi) is 8.67. The first kappa shape index (κ1) is 23.9. The number of hydrogen-bond acceptors (Lipinski definition) is 0. The van der Waals surface area contributed by atoms with Gasteiger partial charge in [0.2, 0.25) is 0 Å². The highest BCUT2D eigenvalue weighted by Crippen LogP contribution is 2.13. The highest BCUT2D eigenvalue weighted by atomic mass is 35.5. The molecule has 2 nitrogen and oxygen atoms in total. The van der Waals surface area contributed by atoms with Gasteiger partial charge in [0.25, 0.3) is 0 Å². The topological polar surface area (TPSA) is 7.76 Å². The van der Waals surface area contributed by atoms with E-state index in [9.17, 15) is 0 Å². The van der Waals surface area contributed by atoms with Crippen molar-refractivity contribution < 1.29 is 9.13 Å². The lowest BCUT2D eigenvalue weighted by molar-refractivity contribution is -0.708. The number of nitrogens with zero attached hydrogens (tertiary/aromatic N) is 2. The van der Waals surface area contributed by atoms with Crippen LogP contribution in [0, 0.1) is 0 Å². The predicted octanol–water partition coefficient (Wildman–Crippen LogP) is 7.39. The van der Waals surface area contributed by atoms with Gasteiger partial charge in [-0.2, -0.15) is 0 Å². The minimum absolute atomic E-state index is 0.760. The normalized spacial score (nSPS) is 11.5. The van der Waals surface area contributed by atoms with E-state index in [4.69, 9.17) is 23.2 Å². The van der Waals surface area contributed by atoms with E-state index in [0.29, 0.717) is 0 Å². The smallest absolute Gasteiger partial charge is 0.169 e. The Morgan fingerprint density at radius 2 is 0.735 bits per heavy atom. The number of halogens is 2. The molecule has 0 saturated carbocycles. The summed E-state index contributed by atoms with van der Waals surface area (Å²) >= 11 is 11.9. The lowest BCUT2D eigenvalue weighted by Gasteiger charge is -1.99. The fourth-order valence-corrected chi connectivity index (χ4v) is 3.83. The van der Waals surface area contributed by atoms with Gasteiger partial charge in [-0.3, -0.25) is 0 Å². The van der Waals surface area contributed by atoms with Gasteiger partial charge in [-0.25, -0.2) is 9.13 Å². The van der Waals surface area contributed by atoms with Crippen molar-refractivity contribution in [3.63, 3.8) is 0 Å².